The van der Waals surface area contributed by atoms with Crippen molar-refractivity contribution >= 4 is 33.4 Å². The third-order valence-electron chi connectivity index (χ3n) is 5.94. The predicted molar refractivity (Wildman–Crippen MR) is 81.4 cm³/mol. The fourth-order valence-corrected chi connectivity index (χ4v) is 5.19. The number of rotatable bonds is 1. The van der Waals surface area contributed by atoms with Crippen LogP contribution in [0, 0.1) is 29.1 Å². The zero-order valence-corrected chi connectivity index (χ0v) is 12.9. The summed E-state index contributed by atoms with van der Waals surface area (Å²) in [7, 11) is 0. The van der Waals surface area contributed by atoms with Gasteiger partial charge in [-0.15, -0.1) is 0 Å². The van der Waals surface area contributed by atoms with Crippen LogP contribution in [0.2, 0.25) is 0 Å². The first-order valence-electron chi connectivity index (χ1n) is 7.45. The second kappa shape index (κ2) is 3.67. The molecule has 1 heterocycles. The fourth-order valence-electron chi connectivity index (χ4n) is 4.92. The number of fused-ring (bicyclic) bond motifs is 3. The second-order valence-corrected chi connectivity index (χ2v) is 7.63. The first-order valence-corrected chi connectivity index (χ1v) is 8.24. The van der Waals surface area contributed by atoms with E-state index in [1.807, 2.05) is 24.3 Å². The number of amides is 2. The van der Waals surface area contributed by atoms with Crippen molar-refractivity contribution in [2.75, 3.05) is 4.90 Å². The number of carbonyl (C=O) groups excluding carboxylic acids is 2. The van der Waals surface area contributed by atoms with Crippen LogP contribution in [0.3, 0.4) is 0 Å². The number of anilines is 1. The Labute approximate surface area is 131 Å². The van der Waals surface area contributed by atoms with Gasteiger partial charge in [-0.2, -0.15) is 0 Å². The van der Waals surface area contributed by atoms with Crippen LogP contribution in [0.5, 0.6) is 0 Å². The summed E-state index contributed by atoms with van der Waals surface area (Å²) in [6.07, 6.45) is 6.77. The number of imide groups is 1. The van der Waals surface area contributed by atoms with Crippen LogP contribution in [-0.4, -0.2) is 11.8 Å². The second-order valence-electron chi connectivity index (χ2n) is 6.71. The Bertz CT molecular complexity index is 670. The number of nitrogens with zero attached hydrogens (tertiary/aromatic N) is 1. The van der Waals surface area contributed by atoms with Gasteiger partial charge in [0, 0.05) is 4.47 Å². The maximum Gasteiger partial charge on any atom is 0.238 e. The summed E-state index contributed by atoms with van der Waals surface area (Å²) in [6, 6.07) is 7.42. The topological polar surface area (TPSA) is 37.4 Å². The molecule has 2 bridgehead atoms. The summed E-state index contributed by atoms with van der Waals surface area (Å²) in [5, 5.41) is 0. The summed E-state index contributed by atoms with van der Waals surface area (Å²) in [5.41, 5.74) is 0.971. The molecule has 4 aliphatic rings. The fraction of sp³-hybridized carbons (Fsp3) is 0.412. The van der Waals surface area contributed by atoms with E-state index in [-0.39, 0.29) is 29.1 Å². The molecule has 106 valence electrons. The van der Waals surface area contributed by atoms with Gasteiger partial charge >= 0.3 is 0 Å². The van der Waals surface area contributed by atoms with Gasteiger partial charge in [-0.1, -0.05) is 28.1 Å². The minimum Gasteiger partial charge on any atom is -0.274 e. The van der Waals surface area contributed by atoms with E-state index in [0.717, 1.165) is 4.47 Å². The van der Waals surface area contributed by atoms with Crippen molar-refractivity contribution in [1.29, 1.82) is 0 Å². The molecule has 2 amide bonds. The van der Waals surface area contributed by atoms with Gasteiger partial charge in [-0.25, -0.2) is 0 Å². The molecule has 0 radical (unpaired) electrons. The molecule has 3 fully saturated rings. The number of allylic oxidation sites excluding steroid dienone is 2. The highest BCUT2D eigenvalue weighted by Crippen LogP contribution is 2.73. The maximum atomic E-state index is 12.8. The first kappa shape index (κ1) is 12.2. The summed E-state index contributed by atoms with van der Waals surface area (Å²) >= 11 is 3.39. The summed E-state index contributed by atoms with van der Waals surface area (Å²) < 4.78 is 0.948. The predicted octanol–water partition coefficient (Wildman–Crippen LogP) is 3.15. The van der Waals surface area contributed by atoms with Gasteiger partial charge in [0.1, 0.15) is 0 Å². The van der Waals surface area contributed by atoms with Gasteiger partial charge in [-0.3, -0.25) is 14.5 Å². The third kappa shape index (κ3) is 1.30. The molecule has 1 aromatic carbocycles. The van der Waals surface area contributed by atoms with Gasteiger partial charge in [0.2, 0.25) is 11.8 Å². The van der Waals surface area contributed by atoms with Crippen molar-refractivity contribution in [2.24, 2.45) is 29.1 Å². The monoisotopic (exact) mass is 343 g/mol. The Morgan fingerprint density at radius 3 is 1.95 bits per heavy atom. The Morgan fingerprint density at radius 1 is 0.952 bits per heavy atom. The lowest BCUT2D eigenvalue weighted by molar-refractivity contribution is -0.123. The molecule has 4 heteroatoms. The van der Waals surface area contributed by atoms with Gasteiger partial charge in [-0.05, 0) is 54.4 Å². The number of benzene rings is 1. The van der Waals surface area contributed by atoms with Crippen LogP contribution in [-0.2, 0) is 9.59 Å². The minimum atomic E-state index is -0.112. The van der Waals surface area contributed by atoms with Gasteiger partial charge < -0.3 is 0 Å². The Kier molecular flexibility index (Phi) is 2.12. The molecule has 1 spiro atoms. The lowest BCUT2D eigenvalue weighted by Gasteiger charge is -2.21. The lowest BCUT2D eigenvalue weighted by atomic mass is 9.85. The lowest BCUT2D eigenvalue weighted by Crippen LogP contribution is -2.34. The van der Waals surface area contributed by atoms with Crippen LogP contribution < -0.4 is 4.90 Å². The Hall–Kier alpha value is -1.42. The van der Waals surface area contributed by atoms with E-state index in [1.54, 1.807) is 0 Å². The van der Waals surface area contributed by atoms with E-state index >= 15 is 0 Å². The van der Waals surface area contributed by atoms with Crippen molar-refractivity contribution in [3.8, 4) is 0 Å². The van der Waals surface area contributed by atoms with Crippen LogP contribution in [0.15, 0.2) is 40.9 Å². The minimum absolute atomic E-state index is 0.00967. The number of hydrogen-bond acceptors (Lipinski definition) is 2. The van der Waals surface area contributed by atoms with Crippen molar-refractivity contribution < 1.29 is 9.59 Å². The van der Waals surface area contributed by atoms with E-state index in [2.05, 4.69) is 28.1 Å². The third-order valence-corrected chi connectivity index (χ3v) is 6.47. The van der Waals surface area contributed by atoms with Crippen LogP contribution in [0.25, 0.3) is 0 Å². The molecular formula is C17H14BrNO2. The molecule has 4 atom stereocenters. The number of halogens is 1. The standard InChI is InChI=1S/C17H14BrNO2/c18-9-1-3-10(4-2-9)19-15(20)13-11-5-6-12(14(13)16(19)21)17(11)7-8-17/h1-6,11-14H,7-8H2/t11-,12-,13-,14+/m1/s1. The quantitative estimate of drug-likeness (QED) is 0.580. The van der Waals surface area contributed by atoms with E-state index in [4.69, 9.17) is 0 Å². The molecule has 1 aromatic rings. The first-order chi connectivity index (χ1) is 10.1. The van der Waals surface area contributed by atoms with Crippen molar-refractivity contribution in [3.63, 3.8) is 0 Å². The molecule has 0 unspecified atom stereocenters. The molecule has 3 nitrogen and oxygen atoms in total. The number of hydrogen-bond donors (Lipinski definition) is 0. The SMILES string of the molecule is O=C1[C@@H]2[C@H](C(=O)N1c1ccc(Br)cc1)[C@H]1C=C[C@H]2C12CC2. The van der Waals surface area contributed by atoms with Crippen molar-refractivity contribution in [1.82, 2.24) is 0 Å². The highest BCUT2D eigenvalue weighted by molar-refractivity contribution is 9.10. The Balaban J connectivity index is 1.57. The largest absolute Gasteiger partial charge is 0.274 e. The average molecular weight is 344 g/mol. The average Bonchev–Trinajstić information content (AvgIpc) is 3.07. The van der Waals surface area contributed by atoms with Crippen molar-refractivity contribution in [3.05, 3.63) is 40.9 Å². The normalized spacial score (nSPS) is 37.7. The maximum absolute atomic E-state index is 12.8. The van der Waals surface area contributed by atoms with Gasteiger partial charge in [0.15, 0.2) is 0 Å². The summed E-state index contributed by atoms with van der Waals surface area (Å²) in [4.78, 5) is 27.1. The molecule has 0 N–H and O–H groups in total. The van der Waals surface area contributed by atoms with E-state index < -0.39 is 0 Å². The highest BCUT2D eigenvalue weighted by atomic mass is 79.9. The molecule has 2 saturated carbocycles. The molecular weight excluding hydrogens is 330 g/mol. The molecule has 1 saturated heterocycles. The zero-order chi connectivity index (χ0) is 14.4. The smallest absolute Gasteiger partial charge is 0.238 e. The molecule has 21 heavy (non-hydrogen) atoms. The molecule has 1 aliphatic heterocycles. The van der Waals surface area contributed by atoms with E-state index in [1.165, 1.54) is 17.7 Å². The van der Waals surface area contributed by atoms with Crippen molar-refractivity contribution in [2.45, 2.75) is 12.8 Å². The van der Waals surface area contributed by atoms with Crippen LogP contribution >= 0.6 is 15.9 Å². The molecule has 5 rings (SSSR count). The molecule has 3 aliphatic carbocycles. The summed E-state index contributed by atoms with van der Waals surface area (Å²) in [5.74, 6) is 0.386. The Morgan fingerprint density at radius 2 is 1.48 bits per heavy atom. The summed E-state index contributed by atoms with van der Waals surface area (Å²) in [6.45, 7) is 0. The zero-order valence-electron chi connectivity index (χ0n) is 11.3. The number of carbonyl (C=O) groups is 2. The van der Waals surface area contributed by atoms with Gasteiger partial charge in [0.25, 0.3) is 0 Å². The highest BCUT2D eigenvalue weighted by Gasteiger charge is 2.73. The van der Waals surface area contributed by atoms with Crippen LogP contribution in [0.4, 0.5) is 5.69 Å². The van der Waals surface area contributed by atoms with Crippen LogP contribution in [0.1, 0.15) is 12.8 Å². The van der Waals surface area contributed by atoms with E-state index in [9.17, 15) is 9.59 Å². The van der Waals surface area contributed by atoms with E-state index in [0.29, 0.717) is 17.5 Å². The molecule has 0 aromatic heterocycles. The van der Waals surface area contributed by atoms with Gasteiger partial charge in [0.05, 0.1) is 17.5 Å².